The number of pyridine rings is 1. The van der Waals surface area contributed by atoms with Crippen molar-refractivity contribution in [1.29, 1.82) is 0 Å². The molecule has 0 aliphatic carbocycles. The van der Waals surface area contributed by atoms with Gasteiger partial charge in [0.2, 0.25) is 5.82 Å². The molecule has 0 bridgehead atoms. The molecule has 0 saturated heterocycles. The smallest absolute Gasteiger partial charge is 0.274 e. The Morgan fingerprint density at radius 3 is 2.68 bits per heavy atom. The summed E-state index contributed by atoms with van der Waals surface area (Å²) in [5.41, 5.74) is 6.14. The van der Waals surface area contributed by atoms with E-state index in [4.69, 9.17) is 17.3 Å². The van der Waals surface area contributed by atoms with Crippen LogP contribution in [-0.2, 0) is 0 Å². The molecule has 0 fully saturated rings. The maximum Gasteiger partial charge on any atom is 0.274 e. The summed E-state index contributed by atoms with van der Waals surface area (Å²) >= 11 is 6.05. The van der Waals surface area contributed by atoms with Gasteiger partial charge in [-0.05, 0) is 12.1 Å². The molecule has 1 atom stereocenters. The van der Waals surface area contributed by atoms with Gasteiger partial charge in [0.05, 0.1) is 30.7 Å². The highest BCUT2D eigenvalue weighted by atomic mass is 35.5. The number of nitrogens with zero attached hydrogens (tertiary/aromatic N) is 6. The number of aliphatic hydroxyl groups is 1. The zero-order valence-corrected chi connectivity index (χ0v) is 13.5. The lowest BCUT2D eigenvalue weighted by atomic mass is 10.2. The van der Waals surface area contributed by atoms with Crippen molar-refractivity contribution in [3.63, 3.8) is 0 Å². The third-order valence-electron chi connectivity index (χ3n) is 3.22. The summed E-state index contributed by atoms with van der Waals surface area (Å²) in [4.78, 5) is 25.7. The third-order valence-corrected chi connectivity index (χ3v) is 3.47. The number of nitrogens with one attached hydrogen (secondary N) is 1. The number of aromatic nitrogens is 6. The molecular weight excluding hydrogens is 348 g/mol. The summed E-state index contributed by atoms with van der Waals surface area (Å²) in [5.74, 6) is -0.687. The van der Waals surface area contributed by atoms with Crippen LogP contribution in [-0.4, -0.2) is 47.6 Å². The molecule has 25 heavy (non-hydrogen) atoms. The van der Waals surface area contributed by atoms with Crippen molar-refractivity contribution in [3.8, 4) is 5.82 Å². The maximum absolute atomic E-state index is 12.4. The van der Waals surface area contributed by atoms with Crippen LogP contribution in [0.1, 0.15) is 22.2 Å². The molecular formula is C14H13ClN8O2. The number of carbonyl (C=O) groups excluding carboxylic acids is 1. The predicted molar refractivity (Wildman–Crippen MR) is 87.9 cm³/mol. The number of halogens is 1. The molecule has 0 radical (unpaired) electrons. The largest absolute Gasteiger partial charge is 0.394 e. The van der Waals surface area contributed by atoms with Crippen molar-refractivity contribution in [2.45, 2.75) is 6.04 Å². The maximum atomic E-state index is 12.4. The molecule has 0 aliphatic rings. The number of anilines is 1. The minimum absolute atomic E-state index is 0.0889. The lowest BCUT2D eigenvalue weighted by molar-refractivity contribution is 0.0910. The van der Waals surface area contributed by atoms with Crippen LogP contribution in [0.5, 0.6) is 0 Å². The second-order valence-corrected chi connectivity index (χ2v) is 5.21. The van der Waals surface area contributed by atoms with Crippen molar-refractivity contribution < 1.29 is 9.90 Å². The number of amides is 1. The molecule has 4 N–H and O–H groups in total. The van der Waals surface area contributed by atoms with Gasteiger partial charge in [0.25, 0.3) is 5.91 Å². The molecule has 0 aromatic carbocycles. The Kier molecular flexibility index (Phi) is 4.82. The van der Waals surface area contributed by atoms with Crippen LogP contribution < -0.4 is 11.1 Å². The van der Waals surface area contributed by atoms with Crippen LogP contribution in [0, 0.1) is 0 Å². The van der Waals surface area contributed by atoms with Gasteiger partial charge >= 0.3 is 0 Å². The molecule has 11 heteroatoms. The Morgan fingerprint density at radius 2 is 2.04 bits per heavy atom. The monoisotopic (exact) mass is 360 g/mol. The van der Waals surface area contributed by atoms with Crippen molar-refractivity contribution in [3.05, 3.63) is 53.3 Å². The first kappa shape index (κ1) is 16.7. The molecule has 3 aromatic heterocycles. The summed E-state index contributed by atoms with van der Waals surface area (Å²) in [6, 6.07) is 4.43. The highest BCUT2D eigenvalue weighted by Crippen LogP contribution is 2.19. The first-order valence-electron chi connectivity index (χ1n) is 7.12. The minimum Gasteiger partial charge on any atom is -0.394 e. The number of nitrogens with two attached hydrogens (primary N) is 1. The van der Waals surface area contributed by atoms with Gasteiger partial charge in [0.1, 0.15) is 0 Å². The average molecular weight is 361 g/mol. The molecule has 3 heterocycles. The molecule has 0 unspecified atom stereocenters. The first-order valence-corrected chi connectivity index (χ1v) is 7.50. The summed E-state index contributed by atoms with van der Waals surface area (Å²) < 4.78 is 0. The fraction of sp³-hybridized carbons (Fsp3) is 0.143. The molecule has 0 spiro atoms. The summed E-state index contributed by atoms with van der Waals surface area (Å²) in [6.07, 6.45) is 4.43. The molecule has 3 aromatic rings. The van der Waals surface area contributed by atoms with E-state index in [1.165, 1.54) is 12.4 Å². The molecule has 0 saturated carbocycles. The van der Waals surface area contributed by atoms with Crippen molar-refractivity contribution >= 4 is 23.3 Å². The van der Waals surface area contributed by atoms with Crippen LogP contribution in [0.4, 0.5) is 5.82 Å². The van der Waals surface area contributed by atoms with Gasteiger partial charge in [-0.15, -0.1) is 4.80 Å². The Morgan fingerprint density at radius 1 is 1.28 bits per heavy atom. The normalized spacial score (nSPS) is 11.9. The topological polar surface area (TPSA) is 145 Å². The van der Waals surface area contributed by atoms with E-state index >= 15 is 0 Å². The van der Waals surface area contributed by atoms with Crippen molar-refractivity contribution in [2.24, 2.45) is 0 Å². The third kappa shape index (κ3) is 3.54. The quantitative estimate of drug-likeness (QED) is 0.583. The first-order chi connectivity index (χ1) is 12.1. The SMILES string of the molecule is Nc1nc(-n2nccn2)c(Cl)nc1C(=O)N[C@H](CO)c1ccccn1. The van der Waals surface area contributed by atoms with Gasteiger partial charge < -0.3 is 16.2 Å². The number of hydrogen-bond acceptors (Lipinski definition) is 8. The highest BCUT2D eigenvalue weighted by molar-refractivity contribution is 6.31. The fourth-order valence-electron chi connectivity index (χ4n) is 2.06. The minimum atomic E-state index is -0.721. The Bertz CT molecular complexity index is 872. The number of carbonyl (C=O) groups is 1. The van der Waals surface area contributed by atoms with Crippen LogP contribution in [0.15, 0.2) is 36.8 Å². The van der Waals surface area contributed by atoms with Gasteiger partial charge in [-0.2, -0.15) is 10.2 Å². The van der Waals surface area contributed by atoms with E-state index in [2.05, 4.69) is 30.5 Å². The standard InChI is InChI=1S/C14H13ClN8O2/c15-11-13(23-18-5-6-19-23)22-12(16)10(21-11)14(25)20-9(7-24)8-3-1-2-4-17-8/h1-6,9,24H,7H2,(H2,16,22)(H,20,25)/t9-/m1/s1. The molecule has 0 aliphatic heterocycles. The van der Waals surface area contributed by atoms with Crippen LogP contribution >= 0.6 is 11.6 Å². The Hall–Kier alpha value is -3.11. The van der Waals surface area contributed by atoms with Gasteiger partial charge in [-0.3, -0.25) is 9.78 Å². The number of hydrogen-bond donors (Lipinski definition) is 3. The summed E-state index contributed by atoms with van der Waals surface area (Å²) in [5, 5.41) is 19.8. The average Bonchev–Trinajstić information content (AvgIpc) is 3.16. The zero-order valence-electron chi connectivity index (χ0n) is 12.7. The lowest BCUT2D eigenvalue weighted by Crippen LogP contribution is -2.33. The second kappa shape index (κ2) is 7.20. The number of rotatable bonds is 5. The van der Waals surface area contributed by atoms with Gasteiger partial charge in [0, 0.05) is 6.20 Å². The van der Waals surface area contributed by atoms with E-state index in [0.29, 0.717) is 5.69 Å². The Labute approximate surface area is 146 Å². The van der Waals surface area contributed by atoms with Gasteiger partial charge in [-0.25, -0.2) is 9.97 Å². The van der Waals surface area contributed by atoms with Crippen LogP contribution in [0.3, 0.4) is 0 Å². The van der Waals surface area contributed by atoms with E-state index < -0.39 is 11.9 Å². The van der Waals surface area contributed by atoms with Crippen molar-refractivity contribution in [2.75, 3.05) is 12.3 Å². The van der Waals surface area contributed by atoms with Gasteiger partial charge in [0.15, 0.2) is 16.7 Å². The van der Waals surface area contributed by atoms with E-state index in [-0.39, 0.29) is 29.1 Å². The van der Waals surface area contributed by atoms with E-state index in [1.54, 1.807) is 24.4 Å². The number of nitrogen functional groups attached to an aromatic ring is 1. The van der Waals surface area contributed by atoms with Gasteiger partial charge in [-0.1, -0.05) is 17.7 Å². The zero-order chi connectivity index (χ0) is 17.8. The number of aliphatic hydroxyl groups excluding tert-OH is 1. The summed E-state index contributed by atoms with van der Waals surface area (Å²) in [7, 11) is 0. The molecule has 128 valence electrons. The highest BCUT2D eigenvalue weighted by Gasteiger charge is 2.22. The van der Waals surface area contributed by atoms with E-state index in [0.717, 1.165) is 4.80 Å². The summed E-state index contributed by atoms with van der Waals surface area (Å²) in [6.45, 7) is -0.348. The lowest BCUT2D eigenvalue weighted by Gasteiger charge is -2.16. The van der Waals surface area contributed by atoms with Crippen LogP contribution in [0.2, 0.25) is 5.15 Å². The van der Waals surface area contributed by atoms with Crippen molar-refractivity contribution in [1.82, 2.24) is 35.3 Å². The fourth-order valence-corrected chi connectivity index (χ4v) is 2.26. The van der Waals surface area contributed by atoms with E-state index in [9.17, 15) is 9.90 Å². The second-order valence-electron chi connectivity index (χ2n) is 4.85. The predicted octanol–water partition coefficient (Wildman–Crippen LogP) is 0.151. The molecule has 1 amide bonds. The molecule has 3 rings (SSSR count). The van der Waals surface area contributed by atoms with Crippen LogP contribution in [0.25, 0.3) is 5.82 Å². The van der Waals surface area contributed by atoms with E-state index in [1.807, 2.05) is 0 Å². The molecule has 10 nitrogen and oxygen atoms in total. The Balaban J connectivity index is 1.86.